The number of ether oxygens (including phenoxy) is 1. The fraction of sp³-hybridized carbons (Fsp3) is 0.0556. The smallest absolute Gasteiger partial charge is 0.301 e. The number of hydrogen-bond acceptors (Lipinski definition) is 5. The molecule has 1 heterocycles. The summed E-state index contributed by atoms with van der Waals surface area (Å²) in [4.78, 5) is 14.0. The van der Waals surface area contributed by atoms with E-state index in [1.165, 1.54) is 24.3 Å². The molecule has 0 unspecified atom stereocenters. The quantitative estimate of drug-likeness (QED) is 0.587. The van der Waals surface area contributed by atoms with Crippen molar-refractivity contribution in [3.8, 4) is 5.75 Å². The van der Waals surface area contributed by atoms with Gasteiger partial charge in [0.15, 0.2) is 5.76 Å². The van der Waals surface area contributed by atoms with Gasteiger partial charge in [-0.25, -0.2) is 8.42 Å². The van der Waals surface area contributed by atoms with Gasteiger partial charge in [-0.3, -0.25) is 10.2 Å². The highest BCUT2D eigenvalue weighted by Crippen LogP contribution is 2.16. The molecule has 0 atom stereocenters. The molecule has 0 saturated heterocycles. The molecule has 0 aliphatic rings. The maximum Gasteiger partial charge on any atom is 0.301 e. The standard InChI is InChI=1S/C18H15ClN2O5S/c19-13-5-4-8-16(11-13)27(23,24)21-20-18(22)17-10-9-15(26-17)12-25-14-6-2-1-3-7-14/h1-11,21H,12H2,(H,20,22). The Bertz CT molecular complexity index is 1030. The van der Waals surface area contributed by atoms with Crippen LogP contribution in [0, 0.1) is 0 Å². The van der Waals surface area contributed by atoms with E-state index in [0.717, 1.165) is 0 Å². The molecular weight excluding hydrogens is 392 g/mol. The van der Waals surface area contributed by atoms with E-state index in [1.807, 2.05) is 23.0 Å². The Kier molecular flexibility index (Phi) is 5.80. The second-order valence-electron chi connectivity index (χ2n) is 5.38. The fourth-order valence-corrected chi connectivity index (χ4v) is 3.26. The average Bonchev–Trinajstić information content (AvgIpc) is 3.14. The van der Waals surface area contributed by atoms with E-state index in [0.29, 0.717) is 11.5 Å². The summed E-state index contributed by atoms with van der Waals surface area (Å²) >= 11 is 5.78. The molecule has 1 aromatic heterocycles. The van der Waals surface area contributed by atoms with Gasteiger partial charge in [-0.15, -0.1) is 4.83 Å². The van der Waals surface area contributed by atoms with Crippen molar-refractivity contribution in [2.75, 3.05) is 0 Å². The summed E-state index contributed by atoms with van der Waals surface area (Å²) in [5.41, 5.74) is 2.09. The zero-order valence-corrected chi connectivity index (χ0v) is 15.5. The Morgan fingerprint density at radius 2 is 1.81 bits per heavy atom. The van der Waals surface area contributed by atoms with Crippen molar-refractivity contribution < 1.29 is 22.4 Å². The number of carbonyl (C=O) groups excluding carboxylic acids is 1. The molecule has 7 nitrogen and oxygen atoms in total. The SMILES string of the molecule is O=C(NNS(=O)(=O)c1cccc(Cl)c1)c1ccc(COc2ccccc2)o1. The molecule has 3 aromatic rings. The van der Waals surface area contributed by atoms with Crippen molar-refractivity contribution in [3.63, 3.8) is 0 Å². The molecule has 0 radical (unpaired) electrons. The number of amides is 1. The third-order valence-electron chi connectivity index (χ3n) is 3.42. The zero-order chi connectivity index (χ0) is 19.3. The molecule has 9 heteroatoms. The van der Waals surface area contributed by atoms with Crippen LogP contribution in [-0.4, -0.2) is 14.3 Å². The molecule has 0 fully saturated rings. The molecule has 0 bridgehead atoms. The topological polar surface area (TPSA) is 97.6 Å². The molecule has 0 aliphatic carbocycles. The monoisotopic (exact) mass is 406 g/mol. The van der Waals surface area contributed by atoms with E-state index in [2.05, 4.69) is 5.43 Å². The van der Waals surface area contributed by atoms with Gasteiger partial charge in [0.05, 0.1) is 4.90 Å². The predicted octanol–water partition coefficient (Wildman–Crippen LogP) is 3.14. The van der Waals surface area contributed by atoms with Crippen LogP contribution in [-0.2, 0) is 16.6 Å². The van der Waals surface area contributed by atoms with Crippen molar-refractivity contribution >= 4 is 27.5 Å². The normalized spacial score (nSPS) is 11.1. The number of para-hydroxylation sites is 1. The predicted molar refractivity (Wildman–Crippen MR) is 98.7 cm³/mol. The van der Waals surface area contributed by atoms with Crippen LogP contribution in [0.1, 0.15) is 16.3 Å². The molecule has 0 saturated carbocycles. The highest BCUT2D eigenvalue weighted by atomic mass is 35.5. The average molecular weight is 407 g/mol. The number of hydrazine groups is 1. The second-order valence-corrected chi connectivity index (χ2v) is 7.50. The summed E-state index contributed by atoms with van der Waals surface area (Å²) in [7, 11) is -3.96. The molecule has 140 valence electrons. The zero-order valence-electron chi connectivity index (χ0n) is 13.9. The summed E-state index contributed by atoms with van der Waals surface area (Å²) in [5.74, 6) is 0.276. The van der Waals surface area contributed by atoms with Gasteiger partial charge < -0.3 is 9.15 Å². The van der Waals surface area contributed by atoms with Gasteiger partial charge >= 0.3 is 5.91 Å². The Labute approximate surface area is 160 Å². The first-order chi connectivity index (χ1) is 12.9. The number of rotatable bonds is 7. The van der Waals surface area contributed by atoms with Gasteiger partial charge in [-0.1, -0.05) is 35.9 Å². The van der Waals surface area contributed by atoms with E-state index in [9.17, 15) is 13.2 Å². The van der Waals surface area contributed by atoms with E-state index < -0.39 is 15.9 Å². The van der Waals surface area contributed by atoms with Crippen molar-refractivity contribution in [2.45, 2.75) is 11.5 Å². The van der Waals surface area contributed by atoms with Crippen LogP contribution in [0.4, 0.5) is 0 Å². The molecule has 1 amide bonds. The lowest BCUT2D eigenvalue weighted by Crippen LogP contribution is -2.41. The minimum Gasteiger partial charge on any atom is -0.486 e. The lowest BCUT2D eigenvalue weighted by atomic mass is 10.3. The van der Waals surface area contributed by atoms with Crippen LogP contribution in [0.5, 0.6) is 5.75 Å². The van der Waals surface area contributed by atoms with Crippen LogP contribution in [0.25, 0.3) is 0 Å². The van der Waals surface area contributed by atoms with Crippen LogP contribution in [0.2, 0.25) is 5.02 Å². The molecule has 0 spiro atoms. The van der Waals surface area contributed by atoms with E-state index in [-0.39, 0.29) is 22.3 Å². The summed E-state index contributed by atoms with van der Waals surface area (Å²) in [6, 6.07) is 17.8. The molecule has 3 rings (SSSR count). The summed E-state index contributed by atoms with van der Waals surface area (Å²) in [6.45, 7) is 0.130. The van der Waals surface area contributed by atoms with Crippen molar-refractivity contribution in [2.24, 2.45) is 0 Å². The first-order valence-corrected chi connectivity index (χ1v) is 9.64. The number of sulfonamides is 1. The first-order valence-electron chi connectivity index (χ1n) is 7.78. The number of furan rings is 1. The molecule has 2 aromatic carbocycles. The Morgan fingerprint density at radius 3 is 2.56 bits per heavy atom. The maximum absolute atomic E-state index is 12.1. The Morgan fingerprint density at radius 1 is 1.04 bits per heavy atom. The largest absolute Gasteiger partial charge is 0.486 e. The van der Waals surface area contributed by atoms with Crippen molar-refractivity contribution in [3.05, 3.63) is 83.3 Å². The van der Waals surface area contributed by atoms with Crippen LogP contribution >= 0.6 is 11.6 Å². The number of benzene rings is 2. The number of hydrogen-bond donors (Lipinski definition) is 2. The summed E-state index contributed by atoms with van der Waals surface area (Å²) in [6.07, 6.45) is 0. The summed E-state index contributed by atoms with van der Waals surface area (Å²) < 4.78 is 35.2. The third-order valence-corrected chi connectivity index (χ3v) is 4.90. The maximum atomic E-state index is 12.1. The molecule has 2 N–H and O–H groups in total. The van der Waals surface area contributed by atoms with Crippen molar-refractivity contribution in [1.29, 1.82) is 0 Å². The summed E-state index contributed by atoms with van der Waals surface area (Å²) in [5, 5.41) is 0.262. The minimum absolute atomic E-state index is 0.0598. The third kappa shape index (κ3) is 5.10. The van der Waals surface area contributed by atoms with E-state index in [1.54, 1.807) is 24.3 Å². The second kappa shape index (κ2) is 8.26. The van der Waals surface area contributed by atoms with Gasteiger partial charge in [0.2, 0.25) is 0 Å². The number of carbonyl (C=O) groups is 1. The Balaban J connectivity index is 1.58. The van der Waals surface area contributed by atoms with E-state index >= 15 is 0 Å². The minimum atomic E-state index is -3.96. The Hall–Kier alpha value is -2.81. The van der Waals surface area contributed by atoms with Crippen LogP contribution in [0.15, 0.2) is 76.0 Å². The van der Waals surface area contributed by atoms with Crippen LogP contribution < -0.4 is 15.0 Å². The molecular formula is C18H15ClN2O5S. The van der Waals surface area contributed by atoms with Gasteiger partial charge in [0, 0.05) is 5.02 Å². The number of nitrogens with one attached hydrogen (secondary N) is 2. The molecule has 0 aliphatic heterocycles. The highest BCUT2D eigenvalue weighted by Gasteiger charge is 2.18. The van der Waals surface area contributed by atoms with E-state index in [4.69, 9.17) is 20.8 Å². The molecule has 27 heavy (non-hydrogen) atoms. The lowest BCUT2D eigenvalue weighted by Gasteiger charge is -2.07. The first kappa shape index (κ1) is 19.0. The van der Waals surface area contributed by atoms with Gasteiger partial charge in [0.25, 0.3) is 10.0 Å². The van der Waals surface area contributed by atoms with Gasteiger partial charge in [0.1, 0.15) is 18.1 Å². The van der Waals surface area contributed by atoms with Crippen molar-refractivity contribution in [1.82, 2.24) is 10.3 Å². The van der Waals surface area contributed by atoms with Gasteiger partial charge in [-0.2, -0.15) is 0 Å². The highest BCUT2D eigenvalue weighted by molar-refractivity contribution is 7.89. The van der Waals surface area contributed by atoms with Gasteiger partial charge in [-0.05, 0) is 42.5 Å². The lowest BCUT2D eigenvalue weighted by molar-refractivity contribution is 0.0913. The van der Waals surface area contributed by atoms with Crippen LogP contribution in [0.3, 0.4) is 0 Å². The number of halogens is 1. The fourth-order valence-electron chi connectivity index (χ4n) is 2.12.